The Morgan fingerprint density at radius 2 is 2.11 bits per heavy atom. The first kappa shape index (κ1) is 13.4. The Bertz CT molecular complexity index is 629. The number of H-pyrrole nitrogens is 1. The smallest absolute Gasteiger partial charge is 0.330 e. The molecule has 19 heavy (non-hydrogen) atoms. The average Bonchev–Trinajstić information content (AvgIpc) is 2.67. The number of aromatic amines is 1. The van der Waals surface area contributed by atoms with E-state index in [1.165, 1.54) is 0 Å². The topological polar surface area (TPSA) is 149 Å². The van der Waals surface area contributed by atoms with Crippen LogP contribution in [0.1, 0.15) is 11.8 Å². The summed E-state index contributed by atoms with van der Waals surface area (Å²) in [5.74, 6) is 0. The fourth-order valence-corrected chi connectivity index (χ4v) is 1.86. The van der Waals surface area contributed by atoms with Crippen molar-refractivity contribution in [3.8, 4) is 6.07 Å². The molecule has 9 nitrogen and oxygen atoms in total. The van der Waals surface area contributed by atoms with Gasteiger partial charge in [-0.1, -0.05) is 0 Å². The SMILES string of the molecule is N#Cc1cn([C@@H]2O[C@H](CO)C(O)[C@@H]2O)c(=O)[nH]c1=O. The van der Waals surface area contributed by atoms with Crippen LogP contribution < -0.4 is 11.2 Å². The molecule has 1 aromatic rings. The van der Waals surface area contributed by atoms with Gasteiger partial charge in [0, 0.05) is 6.20 Å². The highest BCUT2D eigenvalue weighted by Gasteiger charge is 2.43. The Morgan fingerprint density at radius 1 is 1.42 bits per heavy atom. The van der Waals surface area contributed by atoms with E-state index in [4.69, 9.17) is 15.1 Å². The highest BCUT2D eigenvalue weighted by atomic mass is 16.6. The van der Waals surface area contributed by atoms with E-state index in [0.717, 1.165) is 10.8 Å². The van der Waals surface area contributed by atoms with Crippen molar-refractivity contribution in [2.75, 3.05) is 6.61 Å². The molecular weight excluding hydrogens is 258 g/mol. The van der Waals surface area contributed by atoms with E-state index in [2.05, 4.69) is 0 Å². The molecule has 2 rings (SSSR count). The van der Waals surface area contributed by atoms with Gasteiger partial charge in [0.25, 0.3) is 5.56 Å². The summed E-state index contributed by atoms with van der Waals surface area (Å²) in [6.45, 7) is -0.544. The molecule has 0 spiro atoms. The van der Waals surface area contributed by atoms with Gasteiger partial charge in [-0.25, -0.2) is 4.79 Å². The van der Waals surface area contributed by atoms with Crippen LogP contribution in [0.2, 0.25) is 0 Å². The number of aliphatic hydroxyl groups excluding tert-OH is 3. The zero-order chi connectivity index (χ0) is 14.2. The van der Waals surface area contributed by atoms with Crippen molar-refractivity contribution in [2.24, 2.45) is 0 Å². The van der Waals surface area contributed by atoms with Gasteiger partial charge in [0.15, 0.2) is 6.23 Å². The summed E-state index contributed by atoms with van der Waals surface area (Å²) in [4.78, 5) is 24.7. The monoisotopic (exact) mass is 269 g/mol. The van der Waals surface area contributed by atoms with Crippen molar-refractivity contribution in [1.29, 1.82) is 5.26 Å². The molecule has 2 heterocycles. The van der Waals surface area contributed by atoms with Gasteiger partial charge in [-0.2, -0.15) is 5.26 Å². The molecule has 9 heteroatoms. The molecule has 102 valence electrons. The molecule has 0 aromatic carbocycles. The molecule has 1 aromatic heterocycles. The maximum atomic E-state index is 11.6. The second-order valence-electron chi connectivity index (χ2n) is 4.05. The number of hydrogen-bond donors (Lipinski definition) is 4. The highest BCUT2D eigenvalue weighted by molar-refractivity contribution is 5.22. The first-order chi connectivity index (χ1) is 8.99. The molecular formula is C10H11N3O6. The van der Waals surface area contributed by atoms with Crippen molar-refractivity contribution >= 4 is 0 Å². The van der Waals surface area contributed by atoms with Gasteiger partial charge in [0.05, 0.1) is 6.61 Å². The van der Waals surface area contributed by atoms with E-state index in [9.17, 15) is 19.8 Å². The van der Waals surface area contributed by atoms with Crippen LogP contribution in [0, 0.1) is 11.3 Å². The minimum absolute atomic E-state index is 0.336. The Morgan fingerprint density at radius 3 is 2.63 bits per heavy atom. The van der Waals surface area contributed by atoms with Gasteiger partial charge in [-0.15, -0.1) is 0 Å². The summed E-state index contributed by atoms with van der Waals surface area (Å²) in [6.07, 6.45) is -4.25. The molecule has 1 aliphatic rings. The van der Waals surface area contributed by atoms with Crippen LogP contribution in [0.5, 0.6) is 0 Å². The quantitative estimate of drug-likeness (QED) is 0.447. The van der Waals surface area contributed by atoms with Crippen LogP contribution in [-0.4, -0.2) is 49.8 Å². The van der Waals surface area contributed by atoms with E-state index < -0.39 is 42.4 Å². The first-order valence-electron chi connectivity index (χ1n) is 5.37. The number of hydrogen-bond acceptors (Lipinski definition) is 7. The van der Waals surface area contributed by atoms with E-state index in [-0.39, 0.29) is 5.56 Å². The third kappa shape index (κ3) is 2.18. The maximum absolute atomic E-state index is 11.6. The molecule has 1 fully saturated rings. The van der Waals surface area contributed by atoms with E-state index >= 15 is 0 Å². The first-order valence-corrected chi connectivity index (χ1v) is 5.37. The molecule has 0 bridgehead atoms. The van der Waals surface area contributed by atoms with Gasteiger partial charge >= 0.3 is 5.69 Å². The molecule has 4 N–H and O–H groups in total. The normalized spacial score (nSPS) is 30.2. The summed E-state index contributed by atoms with van der Waals surface area (Å²) in [6, 6.07) is 1.59. The van der Waals surface area contributed by atoms with Crippen molar-refractivity contribution in [3.63, 3.8) is 0 Å². The van der Waals surface area contributed by atoms with E-state index in [1.54, 1.807) is 6.07 Å². The van der Waals surface area contributed by atoms with Gasteiger partial charge in [-0.05, 0) is 0 Å². The summed E-state index contributed by atoms with van der Waals surface area (Å²) in [5, 5.41) is 37.0. The number of nitrogens with zero attached hydrogens (tertiary/aromatic N) is 2. The second kappa shape index (κ2) is 4.94. The lowest BCUT2D eigenvalue weighted by Crippen LogP contribution is -2.38. The standard InChI is InChI=1S/C10H11N3O6/c11-1-4-2-13(10(18)12-8(4)17)9-7(16)6(15)5(3-14)19-9/h2,5-7,9,14-16H,3H2,(H,12,17,18)/t5-,6?,7+,9-/m1/s1. The summed E-state index contributed by atoms with van der Waals surface area (Å²) in [7, 11) is 0. The Hall–Kier alpha value is -1.99. The predicted molar refractivity (Wildman–Crippen MR) is 59.0 cm³/mol. The third-order valence-corrected chi connectivity index (χ3v) is 2.88. The van der Waals surface area contributed by atoms with Crippen LogP contribution >= 0.6 is 0 Å². The lowest BCUT2D eigenvalue weighted by molar-refractivity contribution is -0.0550. The molecule has 1 unspecified atom stereocenters. The van der Waals surface area contributed by atoms with Crippen molar-refractivity contribution < 1.29 is 20.1 Å². The predicted octanol–water partition coefficient (Wildman–Crippen LogP) is -2.98. The Balaban J connectivity index is 2.46. The maximum Gasteiger partial charge on any atom is 0.330 e. The highest BCUT2D eigenvalue weighted by Crippen LogP contribution is 2.27. The van der Waals surface area contributed by atoms with Gasteiger partial charge in [0.1, 0.15) is 29.9 Å². The second-order valence-corrected chi connectivity index (χ2v) is 4.05. The Kier molecular flexibility index (Phi) is 3.50. The van der Waals surface area contributed by atoms with Gasteiger partial charge in [-0.3, -0.25) is 14.3 Å². The summed E-state index contributed by atoms with van der Waals surface area (Å²) >= 11 is 0. The number of ether oxygens (including phenoxy) is 1. The van der Waals surface area contributed by atoms with Crippen LogP contribution in [0.4, 0.5) is 0 Å². The van der Waals surface area contributed by atoms with Crippen LogP contribution in [0.25, 0.3) is 0 Å². The molecule has 4 atom stereocenters. The molecule has 0 radical (unpaired) electrons. The molecule has 0 amide bonds. The van der Waals surface area contributed by atoms with Crippen molar-refractivity contribution in [3.05, 3.63) is 32.6 Å². The zero-order valence-corrected chi connectivity index (χ0v) is 9.55. The number of nitriles is 1. The van der Waals surface area contributed by atoms with E-state index in [1.807, 2.05) is 4.98 Å². The Labute approximate surface area is 105 Å². The van der Waals surface area contributed by atoms with Crippen LogP contribution in [0.15, 0.2) is 15.8 Å². The zero-order valence-electron chi connectivity index (χ0n) is 9.55. The van der Waals surface area contributed by atoms with E-state index in [0.29, 0.717) is 0 Å². The van der Waals surface area contributed by atoms with Gasteiger partial charge < -0.3 is 20.1 Å². The number of nitrogens with one attached hydrogen (secondary N) is 1. The fourth-order valence-electron chi connectivity index (χ4n) is 1.86. The third-order valence-electron chi connectivity index (χ3n) is 2.88. The van der Waals surface area contributed by atoms with Crippen molar-refractivity contribution in [1.82, 2.24) is 9.55 Å². The van der Waals surface area contributed by atoms with Crippen molar-refractivity contribution in [2.45, 2.75) is 24.5 Å². The number of aliphatic hydroxyl groups is 3. The van der Waals surface area contributed by atoms with Crippen LogP contribution in [-0.2, 0) is 4.74 Å². The largest absolute Gasteiger partial charge is 0.394 e. The molecule has 0 aliphatic carbocycles. The molecule has 1 saturated heterocycles. The lowest BCUT2D eigenvalue weighted by atomic mass is 10.1. The molecule has 1 aliphatic heterocycles. The number of rotatable bonds is 2. The minimum Gasteiger partial charge on any atom is -0.394 e. The molecule has 0 saturated carbocycles. The number of aromatic nitrogens is 2. The minimum atomic E-state index is -1.47. The average molecular weight is 269 g/mol. The summed E-state index contributed by atoms with van der Waals surface area (Å²) in [5.41, 5.74) is -2.08. The fraction of sp³-hybridized carbons (Fsp3) is 0.500. The lowest BCUT2D eigenvalue weighted by Gasteiger charge is -2.16. The summed E-state index contributed by atoms with van der Waals surface area (Å²) < 4.78 is 5.92. The van der Waals surface area contributed by atoms with Gasteiger partial charge in [0.2, 0.25) is 0 Å². The van der Waals surface area contributed by atoms with Crippen LogP contribution in [0.3, 0.4) is 0 Å².